The molecule has 4 heteroatoms. The number of nitrogens with zero attached hydrogens (tertiary/aromatic N) is 2. The topological polar surface area (TPSA) is 52.9 Å². The third-order valence-electron chi connectivity index (χ3n) is 5.20. The molecule has 0 aromatic heterocycles. The minimum atomic E-state index is 0.138. The molecular formula is C18H20N2O2. The first-order valence-corrected chi connectivity index (χ1v) is 8.01. The van der Waals surface area contributed by atoms with E-state index in [9.17, 15) is 10.0 Å². The Kier molecular flexibility index (Phi) is 3.06. The van der Waals surface area contributed by atoms with E-state index >= 15 is 0 Å². The Bertz CT molecular complexity index is 705. The van der Waals surface area contributed by atoms with Gasteiger partial charge in [-0.25, -0.2) is 0 Å². The molecule has 1 aliphatic carbocycles. The summed E-state index contributed by atoms with van der Waals surface area (Å²) in [5.41, 5.74) is 5.05. The number of ketones is 1. The minimum Gasteiger partial charge on any atom is -0.411 e. The van der Waals surface area contributed by atoms with Gasteiger partial charge in [-0.15, -0.1) is 0 Å². The second-order valence-electron chi connectivity index (χ2n) is 6.67. The van der Waals surface area contributed by atoms with Crippen molar-refractivity contribution < 1.29 is 10.0 Å². The van der Waals surface area contributed by atoms with E-state index in [-0.39, 0.29) is 11.8 Å². The van der Waals surface area contributed by atoms with Gasteiger partial charge in [-0.2, -0.15) is 0 Å². The molecule has 0 amide bonds. The molecule has 4 nitrogen and oxygen atoms in total. The Labute approximate surface area is 130 Å². The number of benzene rings is 1. The number of hydrogen-bond donors (Lipinski definition) is 1. The minimum absolute atomic E-state index is 0.138. The number of hydrogen-bond acceptors (Lipinski definition) is 4. The average Bonchev–Trinajstić information content (AvgIpc) is 2.53. The summed E-state index contributed by atoms with van der Waals surface area (Å²) in [6, 6.07) is 8.70. The highest BCUT2D eigenvalue weighted by atomic mass is 16.4. The van der Waals surface area contributed by atoms with Crippen molar-refractivity contribution in [2.24, 2.45) is 11.1 Å². The van der Waals surface area contributed by atoms with E-state index in [0.717, 1.165) is 25.1 Å². The number of fused-ring (bicyclic) bond motifs is 4. The van der Waals surface area contributed by atoms with Crippen LogP contribution in [0.2, 0.25) is 0 Å². The highest BCUT2D eigenvalue weighted by Gasteiger charge is 2.41. The largest absolute Gasteiger partial charge is 0.411 e. The average molecular weight is 296 g/mol. The van der Waals surface area contributed by atoms with Gasteiger partial charge in [-0.3, -0.25) is 4.79 Å². The van der Waals surface area contributed by atoms with Crippen LogP contribution in [-0.2, 0) is 11.2 Å². The third-order valence-corrected chi connectivity index (χ3v) is 5.20. The van der Waals surface area contributed by atoms with Crippen LogP contribution in [0.15, 0.2) is 40.7 Å². The molecule has 0 saturated carbocycles. The van der Waals surface area contributed by atoms with Crippen molar-refractivity contribution in [1.82, 2.24) is 4.90 Å². The third kappa shape index (κ3) is 1.90. The monoisotopic (exact) mass is 296 g/mol. The van der Waals surface area contributed by atoms with Crippen LogP contribution < -0.4 is 0 Å². The highest BCUT2D eigenvalue weighted by Crippen LogP contribution is 2.44. The summed E-state index contributed by atoms with van der Waals surface area (Å²) in [7, 11) is 0. The van der Waals surface area contributed by atoms with Gasteiger partial charge in [-0.1, -0.05) is 36.3 Å². The maximum atomic E-state index is 12.5. The Hall–Kier alpha value is -2.10. The van der Waals surface area contributed by atoms with Crippen molar-refractivity contribution in [3.05, 3.63) is 46.7 Å². The predicted octanol–water partition coefficient (Wildman–Crippen LogP) is 3.07. The lowest BCUT2D eigenvalue weighted by Crippen LogP contribution is -2.44. The zero-order valence-corrected chi connectivity index (χ0v) is 12.7. The van der Waals surface area contributed by atoms with Gasteiger partial charge in [0.1, 0.15) is 0 Å². The first kappa shape index (κ1) is 13.6. The van der Waals surface area contributed by atoms with E-state index in [1.54, 1.807) is 0 Å². The normalized spacial score (nSPS) is 29.2. The number of rotatable bonds is 0. The number of oxime groups is 1. The summed E-state index contributed by atoms with van der Waals surface area (Å²) in [6.07, 6.45) is 3.09. The lowest BCUT2D eigenvalue weighted by atomic mass is 9.77. The van der Waals surface area contributed by atoms with E-state index in [0.29, 0.717) is 30.0 Å². The molecule has 3 aliphatic rings. The Morgan fingerprint density at radius 2 is 2.05 bits per heavy atom. The van der Waals surface area contributed by atoms with Crippen molar-refractivity contribution in [3.63, 3.8) is 0 Å². The Morgan fingerprint density at radius 3 is 2.86 bits per heavy atom. The standard InChI is InChI=1S/C18H20N2O2/c1-11-8-16-18(17(21)9-11)14(19-22)10-15-13-5-3-2-4-12(13)6-7-20(15)16/h2-5,11,15,22H,6-10H2,1H3/t11-,15-/m1/s1. The van der Waals surface area contributed by atoms with Gasteiger partial charge in [0.25, 0.3) is 0 Å². The van der Waals surface area contributed by atoms with Crippen molar-refractivity contribution in [2.75, 3.05) is 6.54 Å². The fourth-order valence-electron chi connectivity index (χ4n) is 4.24. The second-order valence-corrected chi connectivity index (χ2v) is 6.67. The molecule has 2 atom stereocenters. The molecule has 22 heavy (non-hydrogen) atoms. The van der Waals surface area contributed by atoms with Crippen molar-refractivity contribution in [1.29, 1.82) is 0 Å². The van der Waals surface area contributed by atoms with Gasteiger partial charge >= 0.3 is 0 Å². The summed E-state index contributed by atoms with van der Waals surface area (Å²) in [6.45, 7) is 3.07. The maximum absolute atomic E-state index is 12.5. The van der Waals surface area contributed by atoms with Crippen molar-refractivity contribution in [3.8, 4) is 0 Å². The molecule has 1 N–H and O–H groups in total. The van der Waals surface area contributed by atoms with E-state index < -0.39 is 0 Å². The fraction of sp³-hybridized carbons (Fsp3) is 0.444. The van der Waals surface area contributed by atoms with Gasteiger partial charge in [0.2, 0.25) is 0 Å². The van der Waals surface area contributed by atoms with Crippen molar-refractivity contribution >= 4 is 11.5 Å². The molecule has 0 unspecified atom stereocenters. The van der Waals surface area contributed by atoms with Crippen LogP contribution >= 0.6 is 0 Å². The highest BCUT2D eigenvalue weighted by molar-refractivity contribution is 6.23. The number of carbonyl (C=O) groups excluding carboxylic acids is 1. The molecule has 0 bridgehead atoms. The molecule has 2 heterocycles. The molecule has 2 aliphatic heterocycles. The molecule has 0 saturated heterocycles. The quantitative estimate of drug-likeness (QED) is 0.591. The summed E-state index contributed by atoms with van der Waals surface area (Å²) < 4.78 is 0. The smallest absolute Gasteiger partial charge is 0.166 e. The first-order chi connectivity index (χ1) is 10.7. The lowest BCUT2D eigenvalue weighted by molar-refractivity contribution is -0.116. The molecule has 0 fully saturated rings. The molecule has 0 radical (unpaired) electrons. The lowest BCUT2D eigenvalue weighted by Gasteiger charge is -2.46. The molecular weight excluding hydrogens is 276 g/mol. The van der Waals surface area contributed by atoms with E-state index in [2.05, 4.69) is 41.2 Å². The molecule has 0 spiro atoms. The SMILES string of the molecule is C[C@H]1CC(=O)C2=C(C1)N1CCc3ccccc3[C@H]1CC2=NO. The first-order valence-electron chi connectivity index (χ1n) is 8.01. The van der Waals surface area contributed by atoms with E-state index in [1.165, 1.54) is 11.1 Å². The number of Topliss-reactive ketones (excluding diaryl/α,β-unsaturated/α-hetero) is 1. The zero-order valence-electron chi connectivity index (χ0n) is 12.7. The Balaban J connectivity index is 1.85. The summed E-state index contributed by atoms with van der Waals surface area (Å²) in [5, 5.41) is 12.9. The van der Waals surface area contributed by atoms with E-state index in [1.807, 2.05) is 0 Å². The van der Waals surface area contributed by atoms with Gasteiger partial charge in [0.15, 0.2) is 5.78 Å². The second kappa shape index (κ2) is 4.97. The van der Waals surface area contributed by atoms with Gasteiger partial charge in [0.05, 0.1) is 17.3 Å². The molecule has 114 valence electrons. The van der Waals surface area contributed by atoms with Crippen LogP contribution in [0.25, 0.3) is 0 Å². The Morgan fingerprint density at radius 1 is 1.23 bits per heavy atom. The molecule has 1 aromatic carbocycles. The van der Waals surface area contributed by atoms with Crippen LogP contribution in [0, 0.1) is 5.92 Å². The van der Waals surface area contributed by atoms with E-state index in [4.69, 9.17) is 0 Å². The van der Waals surface area contributed by atoms with Gasteiger partial charge in [-0.05, 0) is 29.9 Å². The summed E-state index contributed by atoms with van der Waals surface area (Å²) >= 11 is 0. The molecule has 1 aromatic rings. The van der Waals surface area contributed by atoms with Crippen LogP contribution in [0.5, 0.6) is 0 Å². The van der Waals surface area contributed by atoms with Gasteiger partial charge < -0.3 is 10.1 Å². The summed E-state index contributed by atoms with van der Waals surface area (Å²) in [4.78, 5) is 14.8. The zero-order chi connectivity index (χ0) is 15.3. The predicted molar refractivity (Wildman–Crippen MR) is 83.9 cm³/mol. The molecule has 4 rings (SSSR count). The number of carbonyl (C=O) groups is 1. The van der Waals surface area contributed by atoms with Crippen LogP contribution in [0.4, 0.5) is 0 Å². The summed E-state index contributed by atoms with van der Waals surface area (Å²) in [5.74, 6) is 0.501. The fourth-order valence-corrected chi connectivity index (χ4v) is 4.24. The van der Waals surface area contributed by atoms with Crippen LogP contribution in [-0.4, -0.2) is 28.1 Å². The van der Waals surface area contributed by atoms with Gasteiger partial charge in [0, 0.05) is 25.1 Å². The maximum Gasteiger partial charge on any atom is 0.166 e. The van der Waals surface area contributed by atoms with Crippen molar-refractivity contribution in [2.45, 2.75) is 38.6 Å². The van der Waals surface area contributed by atoms with Crippen LogP contribution in [0.3, 0.4) is 0 Å². The van der Waals surface area contributed by atoms with Crippen LogP contribution in [0.1, 0.15) is 43.4 Å². The number of allylic oxidation sites excluding steroid dienone is 2.